The molecule has 0 unspecified atom stereocenters. The van der Waals surface area contributed by atoms with Gasteiger partial charge in [0.2, 0.25) is 0 Å². The monoisotopic (exact) mass is 351 g/mol. The Morgan fingerprint density at radius 1 is 1.16 bits per heavy atom. The fourth-order valence-electron chi connectivity index (χ4n) is 2.40. The molecule has 6 heteroatoms. The van der Waals surface area contributed by atoms with Crippen LogP contribution in [0.4, 0.5) is 11.4 Å². The summed E-state index contributed by atoms with van der Waals surface area (Å²) >= 11 is 1.54. The lowest BCUT2D eigenvalue weighted by Gasteiger charge is -2.02. The molecule has 0 saturated carbocycles. The number of rotatable bonds is 5. The van der Waals surface area contributed by atoms with Crippen molar-refractivity contribution < 1.29 is 4.92 Å². The van der Waals surface area contributed by atoms with Crippen LogP contribution in [-0.2, 0) is 0 Å². The summed E-state index contributed by atoms with van der Waals surface area (Å²) in [6.07, 6.45) is 3.71. The fraction of sp³-hybridized carbons (Fsp3) is 0.105. The molecule has 0 radical (unpaired) electrons. The Balaban J connectivity index is 1.82. The molecule has 5 nitrogen and oxygen atoms in total. The molecule has 0 aliphatic heterocycles. The summed E-state index contributed by atoms with van der Waals surface area (Å²) in [5, 5.41) is 16.8. The van der Waals surface area contributed by atoms with Gasteiger partial charge in [0.15, 0.2) is 0 Å². The summed E-state index contributed by atoms with van der Waals surface area (Å²) in [4.78, 5) is 15.3. The van der Waals surface area contributed by atoms with Crippen LogP contribution in [0, 0.1) is 17.0 Å². The number of anilines is 1. The highest BCUT2D eigenvalue weighted by Crippen LogP contribution is 2.27. The maximum Gasteiger partial charge on any atom is 0.292 e. The molecule has 0 fully saturated rings. The van der Waals surface area contributed by atoms with Gasteiger partial charge in [-0.15, -0.1) is 11.3 Å². The molecule has 0 spiro atoms. The van der Waals surface area contributed by atoms with E-state index in [0.717, 1.165) is 21.8 Å². The zero-order valence-electron chi connectivity index (χ0n) is 13.9. The average Bonchev–Trinajstić information content (AvgIpc) is 3.09. The Morgan fingerprint density at radius 3 is 2.60 bits per heavy atom. The van der Waals surface area contributed by atoms with Crippen LogP contribution in [0.15, 0.2) is 47.8 Å². The van der Waals surface area contributed by atoms with E-state index in [1.807, 2.05) is 23.6 Å². The molecule has 0 amide bonds. The largest absolute Gasteiger partial charge is 0.383 e. The number of hydrogen-bond donors (Lipinski definition) is 1. The molecule has 3 rings (SSSR count). The van der Waals surface area contributed by atoms with Crippen LogP contribution in [0.1, 0.15) is 16.1 Å². The van der Waals surface area contributed by atoms with Gasteiger partial charge in [0.05, 0.1) is 10.6 Å². The third kappa shape index (κ3) is 3.92. The van der Waals surface area contributed by atoms with Gasteiger partial charge in [-0.25, -0.2) is 4.98 Å². The summed E-state index contributed by atoms with van der Waals surface area (Å²) in [6.45, 7) is 2.05. The number of nitrogens with zero attached hydrogens (tertiary/aromatic N) is 2. The van der Waals surface area contributed by atoms with Crippen LogP contribution in [0.25, 0.3) is 23.4 Å². The number of hydrogen-bond acceptors (Lipinski definition) is 5. The van der Waals surface area contributed by atoms with E-state index >= 15 is 0 Å². The zero-order chi connectivity index (χ0) is 17.8. The normalized spacial score (nSPS) is 11.0. The quantitative estimate of drug-likeness (QED) is 0.504. The lowest BCUT2D eigenvalue weighted by Crippen LogP contribution is -1.96. The van der Waals surface area contributed by atoms with Crippen LogP contribution in [0.2, 0.25) is 0 Å². The summed E-state index contributed by atoms with van der Waals surface area (Å²) < 4.78 is 0. The molecule has 3 aromatic rings. The van der Waals surface area contributed by atoms with Gasteiger partial charge in [0.1, 0.15) is 10.7 Å². The number of nitro groups is 1. The molecular weight excluding hydrogens is 334 g/mol. The third-order valence-corrected chi connectivity index (χ3v) is 4.59. The highest BCUT2D eigenvalue weighted by Gasteiger charge is 2.12. The lowest BCUT2D eigenvalue weighted by molar-refractivity contribution is -0.383. The first-order valence-electron chi connectivity index (χ1n) is 7.73. The highest BCUT2D eigenvalue weighted by molar-refractivity contribution is 7.10. The Kier molecular flexibility index (Phi) is 4.90. The van der Waals surface area contributed by atoms with Gasteiger partial charge in [-0.1, -0.05) is 42.0 Å². The van der Waals surface area contributed by atoms with Gasteiger partial charge in [0, 0.05) is 24.1 Å². The molecule has 0 saturated heterocycles. The minimum atomic E-state index is -0.387. The Labute approximate surface area is 149 Å². The molecule has 2 aromatic carbocycles. The van der Waals surface area contributed by atoms with E-state index in [2.05, 4.69) is 41.5 Å². The first-order chi connectivity index (χ1) is 12.1. The highest BCUT2D eigenvalue weighted by atomic mass is 32.1. The van der Waals surface area contributed by atoms with E-state index in [4.69, 9.17) is 0 Å². The molecule has 0 aliphatic carbocycles. The van der Waals surface area contributed by atoms with E-state index in [1.165, 1.54) is 5.56 Å². The minimum Gasteiger partial charge on any atom is -0.383 e. The van der Waals surface area contributed by atoms with Crippen LogP contribution in [0.5, 0.6) is 0 Å². The first-order valence-corrected chi connectivity index (χ1v) is 8.61. The summed E-state index contributed by atoms with van der Waals surface area (Å²) in [5.74, 6) is 0. The standard InChI is InChI=1S/C19H17N3O2S/c1-13-3-7-15(8-4-13)17-12-25-19(21-17)10-6-14-5-9-16(20-2)18(11-14)22(23)24/h3-12,20H,1-2H3/b10-6+. The van der Waals surface area contributed by atoms with Crippen LogP contribution in [-0.4, -0.2) is 17.0 Å². The second kappa shape index (κ2) is 7.27. The SMILES string of the molecule is CNc1ccc(/C=C/c2nc(-c3ccc(C)cc3)cs2)cc1[N+](=O)[O-]. The van der Waals surface area contributed by atoms with Crippen molar-refractivity contribution in [3.8, 4) is 11.3 Å². The zero-order valence-corrected chi connectivity index (χ0v) is 14.7. The molecule has 1 aromatic heterocycles. The Hall–Kier alpha value is -2.99. The number of thiazole rings is 1. The smallest absolute Gasteiger partial charge is 0.292 e. The van der Waals surface area contributed by atoms with Crippen LogP contribution < -0.4 is 5.32 Å². The van der Waals surface area contributed by atoms with Crippen LogP contribution in [0.3, 0.4) is 0 Å². The van der Waals surface area contributed by atoms with Gasteiger partial charge >= 0.3 is 0 Å². The summed E-state index contributed by atoms with van der Waals surface area (Å²) in [7, 11) is 1.67. The van der Waals surface area contributed by atoms with Crippen molar-refractivity contribution in [1.82, 2.24) is 4.98 Å². The second-order valence-corrected chi connectivity index (χ2v) is 6.44. The van der Waals surface area contributed by atoms with Crippen LogP contribution >= 0.6 is 11.3 Å². The minimum absolute atomic E-state index is 0.0594. The van der Waals surface area contributed by atoms with E-state index in [9.17, 15) is 10.1 Å². The number of nitro benzene ring substituents is 1. The van der Waals surface area contributed by atoms with Gasteiger partial charge in [0.25, 0.3) is 5.69 Å². The molecule has 1 heterocycles. The molecular formula is C19H17N3O2S. The van der Waals surface area contributed by atoms with E-state index in [0.29, 0.717) is 5.69 Å². The van der Waals surface area contributed by atoms with Crippen molar-refractivity contribution in [2.45, 2.75) is 6.92 Å². The van der Waals surface area contributed by atoms with Crippen molar-refractivity contribution in [3.05, 3.63) is 74.1 Å². The number of aromatic nitrogens is 1. The lowest BCUT2D eigenvalue weighted by atomic mass is 10.1. The predicted octanol–water partition coefficient (Wildman–Crippen LogP) is 5.24. The predicted molar refractivity (Wildman–Crippen MR) is 104 cm³/mol. The number of benzene rings is 2. The van der Waals surface area contributed by atoms with Gasteiger partial charge < -0.3 is 5.32 Å². The van der Waals surface area contributed by atoms with E-state index < -0.39 is 0 Å². The van der Waals surface area contributed by atoms with Gasteiger partial charge in [-0.05, 0) is 24.6 Å². The van der Waals surface area contributed by atoms with Crippen molar-refractivity contribution >= 4 is 34.9 Å². The number of nitrogens with one attached hydrogen (secondary N) is 1. The fourth-order valence-corrected chi connectivity index (χ4v) is 3.12. The van der Waals surface area contributed by atoms with Crippen molar-refractivity contribution in [1.29, 1.82) is 0 Å². The first kappa shape index (κ1) is 16.9. The molecule has 1 N–H and O–H groups in total. The van der Waals surface area contributed by atoms with Gasteiger partial charge in [-0.2, -0.15) is 0 Å². The maximum atomic E-state index is 11.1. The van der Waals surface area contributed by atoms with Crippen molar-refractivity contribution in [2.24, 2.45) is 0 Å². The average molecular weight is 351 g/mol. The Bertz CT molecular complexity index is 930. The van der Waals surface area contributed by atoms with Gasteiger partial charge in [-0.3, -0.25) is 10.1 Å². The van der Waals surface area contributed by atoms with E-state index in [-0.39, 0.29) is 10.6 Å². The summed E-state index contributed by atoms with van der Waals surface area (Å²) in [6, 6.07) is 13.3. The molecule has 126 valence electrons. The Morgan fingerprint density at radius 2 is 1.92 bits per heavy atom. The number of aryl methyl sites for hydroxylation is 1. The molecule has 25 heavy (non-hydrogen) atoms. The maximum absolute atomic E-state index is 11.1. The van der Waals surface area contributed by atoms with Crippen molar-refractivity contribution in [2.75, 3.05) is 12.4 Å². The molecule has 0 aliphatic rings. The molecule has 0 atom stereocenters. The molecule has 0 bridgehead atoms. The topological polar surface area (TPSA) is 68.1 Å². The third-order valence-electron chi connectivity index (χ3n) is 3.78. The summed E-state index contributed by atoms with van der Waals surface area (Å²) in [5.41, 5.74) is 4.54. The van der Waals surface area contributed by atoms with Crippen molar-refractivity contribution in [3.63, 3.8) is 0 Å². The second-order valence-electron chi connectivity index (χ2n) is 5.55. The van der Waals surface area contributed by atoms with E-state index in [1.54, 1.807) is 30.5 Å².